The molecule has 2 aromatic carbocycles. The zero-order chi connectivity index (χ0) is 16.9. The Morgan fingerprint density at radius 1 is 1.21 bits per heavy atom. The number of hydrogen-bond acceptors (Lipinski definition) is 2. The molecule has 1 atom stereocenters. The van der Waals surface area contributed by atoms with Crippen LogP contribution in [-0.2, 0) is 11.2 Å². The lowest BCUT2D eigenvalue weighted by Gasteiger charge is -2.25. The molecule has 3 heteroatoms. The van der Waals surface area contributed by atoms with Crippen LogP contribution in [0.1, 0.15) is 42.0 Å². The summed E-state index contributed by atoms with van der Waals surface area (Å²) in [5, 5.41) is 0. The van der Waals surface area contributed by atoms with Gasteiger partial charge >= 0.3 is 0 Å². The van der Waals surface area contributed by atoms with E-state index in [1.165, 1.54) is 11.1 Å². The third-order valence-corrected chi connectivity index (χ3v) is 4.80. The molecule has 0 N–H and O–H groups in total. The molecular formula is C21H25NO2. The maximum atomic E-state index is 12.7. The summed E-state index contributed by atoms with van der Waals surface area (Å²) in [5.41, 5.74) is 3.66. The Kier molecular flexibility index (Phi) is 5.19. The Hall–Kier alpha value is -2.29. The predicted octanol–water partition coefficient (Wildman–Crippen LogP) is 4.30. The Morgan fingerprint density at radius 2 is 2.00 bits per heavy atom. The molecule has 1 aliphatic rings. The van der Waals surface area contributed by atoms with Crippen molar-refractivity contribution in [2.75, 3.05) is 13.7 Å². The Balaban J connectivity index is 1.64. The number of aryl methyl sites for hydroxylation is 2. The Morgan fingerprint density at radius 3 is 2.75 bits per heavy atom. The van der Waals surface area contributed by atoms with Crippen LogP contribution in [0.3, 0.4) is 0 Å². The van der Waals surface area contributed by atoms with Gasteiger partial charge in [0.2, 0.25) is 5.91 Å². The van der Waals surface area contributed by atoms with Crippen LogP contribution in [0.25, 0.3) is 0 Å². The molecule has 24 heavy (non-hydrogen) atoms. The highest BCUT2D eigenvalue weighted by Crippen LogP contribution is 2.32. The molecule has 0 bridgehead atoms. The van der Waals surface area contributed by atoms with E-state index in [-0.39, 0.29) is 11.9 Å². The van der Waals surface area contributed by atoms with Crippen molar-refractivity contribution in [2.24, 2.45) is 0 Å². The van der Waals surface area contributed by atoms with E-state index in [1.54, 1.807) is 7.11 Å². The van der Waals surface area contributed by atoms with Crippen molar-refractivity contribution < 1.29 is 9.53 Å². The van der Waals surface area contributed by atoms with Crippen molar-refractivity contribution in [1.82, 2.24) is 4.90 Å². The van der Waals surface area contributed by atoms with Crippen LogP contribution in [0.2, 0.25) is 0 Å². The first-order chi connectivity index (χ1) is 11.7. The number of rotatable bonds is 5. The topological polar surface area (TPSA) is 29.5 Å². The van der Waals surface area contributed by atoms with Crippen LogP contribution in [0.5, 0.6) is 5.75 Å². The highest BCUT2D eigenvalue weighted by atomic mass is 16.5. The summed E-state index contributed by atoms with van der Waals surface area (Å²) in [4.78, 5) is 14.8. The SMILES string of the molecule is COc1cccc(CCC(=O)N2CCCC2c2ccc(C)cc2)c1. The molecule has 1 saturated heterocycles. The summed E-state index contributed by atoms with van der Waals surface area (Å²) < 4.78 is 5.25. The summed E-state index contributed by atoms with van der Waals surface area (Å²) >= 11 is 0. The molecule has 0 saturated carbocycles. The number of carbonyl (C=O) groups is 1. The third-order valence-electron chi connectivity index (χ3n) is 4.80. The highest BCUT2D eigenvalue weighted by molar-refractivity contribution is 5.77. The largest absolute Gasteiger partial charge is 0.497 e. The van der Waals surface area contributed by atoms with Gasteiger partial charge in [0, 0.05) is 13.0 Å². The van der Waals surface area contributed by atoms with Gasteiger partial charge in [-0.25, -0.2) is 0 Å². The van der Waals surface area contributed by atoms with Gasteiger partial charge in [0.05, 0.1) is 13.2 Å². The molecule has 0 aromatic heterocycles. The lowest BCUT2D eigenvalue weighted by molar-refractivity contribution is -0.132. The zero-order valence-electron chi connectivity index (χ0n) is 14.5. The third kappa shape index (κ3) is 3.78. The van der Waals surface area contributed by atoms with E-state index >= 15 is 0 Å². The maximum absolute atomic E-state index is 12.7. The maximum Gasteiger partial charge on any atom is 0.223 e. The molecule has 1 aliphatic heterocycles. The first kappa shape index (κ1) is 16.6. The predicted molar refractivity (Wildman–Crippen MR) is 96.2 cm³/mol. The number of benzene rings is 2. The minimum atomic E-state index is 0.239. The molecule has 0 radical (unpaired) electrons. The first-order valence-electron chi connectivity index (χ1n) is 8.66. The number of methoxy groups -OCH3 is 1. The smallest absolute Gasteiger partial charge is 0.223 e. The molecule has 3 nitrogen and oxygen atoms in total. The van der Waals surface area contributed by atoms with Crippen molar-refractivity contribution in [2.45, 2.75) is 38.6 Å². The van der Waals surface area contributed by atoms with E-state index in [2.05, 4.69) is 42.2 Å². The van der Waals surface area contributed by atoms with Gasteiger partial charge in [-0.2, -0.15) is 0 Å². The van der Waals surface area contributed by atoms with Crippen LogP contribution in [0, 0.1) is 6.92 Å². The number of ether oxygens (including phenoxy) is 1. The van der Waals surface area contributed by atoms with E-state index < -0.39 is 0 Å². The van der Waals surface area contributed by atoms with Crippen LogP contribution in [0.4, 0.5) is 0 Å². The van der Waals surface area contributed by atoms with E-state index in [4.69, 9.17) is 4.74 Å². The Labute approximate surface area is 144 Å². The van der Waals surface area contributed by atoms with Gasteiger partial charge in [-0.3, -0.25) is 4.79 Å². The second kappa shape index (κ2) is 7.52. The summed E-state index contributed by atoms with van der Waals surface area (Å²) in [6, 6.07) is 16.8. The molecule has 126 valence electrons. The molecule has 0 aliphatic carbocycles. The van der Waals surface area contributed by atoms with E-state index in [0.717, 1.165) is 37.1 Å². The molecule has 1 amide bonds. The minimum Gasteiger partial charge on any atom is -0.497 e. The van der Waals surface area contributed by atoms with Gasteiger partial charge in [-0.1, -0.05) is 42.0 Å². The number of nitrogens with zero attached hydrogens (tertiary/aromatic N) is 1. The number of likely N-dealkylation sites (tertiary alicyclic amines) is 1. The van der Waals surface area contributed by atoms with E-state index in [9.17, 15) is 4.79 Å². The van der Waals surface area contributed by atoms with Gasteiger partial charge in [0.1, 0.15) is 5.75 Å². The zero-order valence-corrected chi connectivity index (χ0v) is 14.5. The van der Waals surface area contributed by atoms with Crippen molar-refractivity contribution in [3.05, 3.63) is 65.2 Å². The molecule has 3 rings (SSSR count). The second-order valence-electron chi connectivity index (χ2n) is 6.51. The fourth-order valence-electron chi connectivity index (χ4n) is 3.42. The molecule has 1 heterocycles. The standard InChI is InChI=1S/C21H25NO2/c1-16-8-11-18(12-9-16)20-7-4-14-22(20)21(23)13-10-17-5-3-6-19(15-17)24-2/h3,5-6,8-9,11-12,15,20H,4,7,10,13-14H2,1-2H3. The molecule has 2 aromatic rings. The number of hydrogen-bond donors (Lipinski definition) is 0. The minimum absolute atomic E-state index is 0.239. The van der Waals surface area contributed by atoms with Crippen LogP contribution < -0.4 is 4.74 Å². The van der Waals surface area contributed by atoms with Crippen molar-refractivity contribution in [3.63, 3.8) is 0 Å². The average Bonchev–Trinajstić information content (AvgIpc) is 3.10. The van der Waals surface area contributed by atoms with Gasteiger partial charge in [-0.15, -0.1) is 0 Å². The lowest BCUT2D eigenvalue weighted by Crippen LogP contribution is -2.30. The molecule has 0 spiro atoms. The van der Waals surface area contributed by atoms with Crippen molar-refractivity contribution in [1.29, 1.82) is 0 Å². The number of carbonyl (C=O) groups excluding carboxylic acids is 1. The Bertz CT molecular complexity index is 693. The lowest BCUT2D eigenvalue weighted by atomic mass is 10.0. The monoisotopic (exact) mass is 323 g/mol. The van der Waals surface area contributed by atoms with Crippen LogP contribution >= 0.6 is 0 Å². The fraction of sp³-hybridized carbons (Fsp3) is 0.381. The van der Waals surface area contributed by atoms with Crippen molar-refractivity contribution in [3.8, 4) is 5.75 Å². The summed E-state index contributed by atoms with van der Waals surface area (Å²) in [5.74, 6) is 1.10. The number of amides is 1. The second-order valence-corrected chi connectivity index (χ2v) is 6.51. The van der Waals surface area contributed by atoms with E-state index in [1.807, 2.05) is 18.2 Å². The fourth-order valence-corrected chi connectivity index (χ4v) is 3.42. The van der Waals surface area contributed by atoms with Gasteiger partial charge in [-0.05, 0) is 49.4 Å². The first-order valence-corrected chi connectivity index (χ1v) is 8.66. The van der Waals surface area contributed by atoms with Crippen molar-refractivity contribution >= 4 is 5.91 Å². The molecule has 1 fully saturated rings. The summed E-state index contributed by atoms with van der Waals surface area (Å²) in [6.07, 6.45) is 3.46. The van der Waals surface area contributed by atoms with Gasteiger partial charge in [0.25, 0.3) is 0 Å². The average molecular weight is 323 g/mol. The molecular weight excluding hydrogens is 298 g/mol. The normalized spacial score (nSPS) is 17.1. The van der Waals surface area contributed by atoms with Crippen LogP contribution in [0.15, 0.2) is 48.5 Å². The summed E-state index contributed by atoms with van der Waals surface area (Å²) in [6.45, 7) is 2.96. The van der Waals surface area contributed by atoms with Gasteiger partial charge in [0.15, 0.2) is 0 Å². The van der Waals surface area contributed by atoms with Crippen LogP contribution in [-0.4, -0.2) is 24.5 Å². The van der Waals surface area contributed by atoms with Gasteiger partial charge < -0.3 is 9.64 Å². The molecule has 1 unspecified atom stereocenters. The van der Waals surface area contributed by atoms with E-state index in [0.29, 0.717) is 6.42 Å². The summed E-state index contributed by atoms with van der Waals surface area (Å²) in [7, 11) is 1.67. The highest BCUT2D eigenvalue weighted by Gasteiger charge is 2.29. The quantitative estimate of drug-likeness (QED) is 0.821.